The molecule has 0 spiro atoms. The quantitative estimate of drug-likeness (QED) is 0.507. The molecule has 7 heteroatoms. The molecule has 2 amide bonds. The Morgan fingerprint density at radius 1 is 1.28 bits per heavy atom. The summed E-state index contributed by atoms with van der Waals surface area (Å²) in [6.45, 7) is 7.16. The Morgan fingerprint density at radius 2 is 2.00 bits per heavy atom. The summed E-state index contributed by atoms with van der Waals surface area (Å²) in [5.74, 6) is -1.30. The highest BCUT2D eigenvalue weighted by atomic mass is 16.6. The molecule has 3 rings (SSSR count). The Bertz CT molecular complexity index is 746. The van der Waals surface area contributed by atoms with E-state index < -0.39 is 16.7 Å². The number of hydrogen-bond acceptors (Lipinski definition) is 4. The molecule has 2 atom stereocenters. The first-order chi connectivity index (χ1) is 11.6. The molecule has 1 N–H and O–H groups in total. The number of likely N-dealkylation sites (tertiary alicyclic amines) is 1. The van der Waals surface area contributed by atoms with Gasteiger partial charge in [-0.15, -0.1) is 0 Å². The third-order valence-electron chi connectivity index (χ3n) is 5.18. The zero-order chi connectivity index (χ0) is 18.4. The van der Waals surface area contributed by atoms with Crippen LogP contribution in [0.5, 0.6) is 0 Å². The molecule has 1 aromatic rings. The summed E-state index contributed by atoms with van der Waals surface area (Å²) in [4.78, 5) is 37.0. The fourth-order valence-corrected chi connectivity index (χ4v) is 4.71. The number of nitrogens with one attached hydrogen (secondary N) is 1. The molecule has 2 bridgehead atoms. The molecule has 1 saturated carbocycles. The molecule has 134 valence electrons. The van der Waals surface area contributed by atoms with Gasteiger partial charge < -0.3 is 10.2 Å². The first-order valence-electron chi connectivity index (χ1n) is 8.45. The van der Waals surface area contributed by atoms with E-state index in [0.717, 1.165) is 19.3 Å². The van der Waals surface area contributed by atoms with Gasteiger partial charge in [0.2, 0.25) is 0 Å². The number of amides is 2. The summed E-state index contributed by atoms with van der Waals surface area (Å²) >= 11 is 0. The molecular weight excluding hydrogens is 322 g/mol. The van der Waals surface area contributed by atoms with Crippen molar-refractivity contribution in [2.24, 2.45) is 10.8 Å². The van der Waals surface area contributed by atoms with Gasteiger partial charge in [0.15, 0.2) is 0 Å². The highest BCUT2D eigenvalue weighted by Crippen LogP contribution is 2.52. The van der Waals surface area contributed by atoms with Crippen LogP contribution in [0.1, 0.15) is 40.0 Å². The van der Waals surface area contributed by atoms with Gasteiger partial charge in [-0.1, -0.05) is 26.8 Å². The number of anilines is 1. The molecule has 1 heterocycles. The molecule has 2 unspecified atom stereocenters. The second-order valence-electron chi connectivity index (χ2n) is 8.41. The molecule has 7 nitrogen and oxygen atoms in total. The minimum absolute atomic E-state index is 0.0495. The molecule has 2 fully saturated rings. The molecule has 1 aliphatic heterocycles. The fraction of sp³-hybridized carbons (Fsp3) is 0.556. The summed E-state index contributed by atoms with van der Waals surface area (Å²) in [6, 6.07) is 5.68. The van der Waals surface area contributed by atoms with Crippen molar-refractivity contribution in [3.63, 3.8) is 0 Å². The Labute approximate surface area is 146 Å². The maximum absolute atomic E-state index is 12.6. The minimum atomic E-state index is -0.741. The van der Waals surface area contributed by atoms with Gasteiger partial charge in [0.05, 0.1) is 4.92 Å². The minimum Gasteiger partial charge on any atom is -0.331 e. The maximum atomic E-state index is 12.6. The summed E-state index contributed by atoms with van der Waals surface area (Å²) in [5, 5.41) is 13.3. The predicted octanol–water partition coefficient (Wildman–Crippen LogP) is 2.96. The fourth-order valence-electron chi connectivity index (χ4n) is 4.71. The van der Waals surface area contributed by atoms with Crippen LogP contribution in [0.15, 0.2) is 24.3 Å². The number of carbonyl (C=O) groups excluding carboxylic acids is 2. The van der Waals surface area contributed by atoms with Crippen molar-refractivity contribution in [1.82, 2.24) is 4.90 Å². The first kappa shape index (κ1) is 17.4. The van der Waals surface area contributed by atoms with E-state index in [-0.39, 0.29) is 28.2 Å². The van der Waals surface area contributed by atoms with Crippen LogP contribution in [-0.2, 0) is 9.59 Å². The SMILES string of the molecule is CC1(C)CC2CC(C)(CN2C(=O)C(=O)Nc2cccc([N+](=O)[O-])c2)C1. The standard InChI is InChI=1S/C18H23N3O4/c1-17(2)8-14-9-18(3,10-17)11-20(14)16(23)15(22)19-12-5-4-6-13(7-12)21(24)25/h4-7,14H,8-11H2,1-3H3,(H,19,22). The van der Waals surface area contributed by atoms with Crippen LogP contribution in [0.2, 0.25) is 0 Å². The van der Waals surface area contributed by atoms with Gasteiger partial charge in [-0.25, -0.2) is 0 Å². The van der Waals surface area contributed by atoms with E-state index >= 15 is 0 Å². The average molecular weight is 345 g/mol. The molecule has 1 aliphatic carbocycles. The molecule has 2 aliphatic rings. The summed E-state index contributed by atoms with van der Waals surface area (Å²) in [5.41, 5.74) is 0.328. The highest BCUT2D eigenvalue weighted by molar-refractivity contribution is 6.39. The largest absolute Gasteiger partial charge is 0.331 e. The first-order valence-corrected chi connectivity index (χ1v) is 8.45. The van der Waals surface area contributed by atoms with Crippen LogP contribution in [0.3, 0.4) is 0 Å². The van der Waals surface area contributed by atoms with Crippen molar-refractivity contribution in [1.29, 1.82) is 0 Å². The van der Waals surface area contributed by atoms with Crippen LogP contribution in [-0.4, -0.2) is 34.2 Å². The van der Waals surface area contributed by atoms with Gasteiger partial charge in [-0.05, 0) is 36.2 Å². The second-order valence-corrected chi connectivity index (χ2v) is 8.41. The third-order valence-corrected chi connectivity index (χ3v) is 5.18. The van der Waals surface area contributed by atoms with Crippen molar-refractivity contribution in [2.75, 3.05) is 11.9 Å². The molecule has 25 heavy (non-hydrogen) atoms. The highest BCUT2D eigenvalue weighted by Gasteiger charge is 2.51. The van der Waals surface area contributed by atoms with E-state index in [1.807, 2.05) is 0 Å². The molecule has 0 aromatic heterocycles. The number of benzene rings is 1. The van der Waals surface area contributed by atoms with Gasteiger partial charge in [-0.2, -0.15) is 0 Å². The van der Waals surface area contributed by atoms with Crippen LogP contribution >= 0.6 is 0 Å². The Balaban J connectivity index is 1.72. The lowest BCUT2D eigenvalue weighted by molar-refractivity contribution is -0.384. The predicted molar refractivity (Wildman–Crippen MR) is 93.0 cm³/mol. The lowest BCUT2D eigenvalue weighted by atomic mass is 9.65. The summed E-state index contributed by atoms with van der Waals surface area (Å²) in [7, 11) is 0. The Kier molecular flexibility index (Phi) is 4.05. The number of nitro groups is 1. The van der Waals surface area contributed by atoms with E-state index in [0.29, 0.717) is 6.54 Å². The van der Waals surface area contributed by atoms with E-state index in [9.17, 15) is 19.7 Å². The van der Waals surface area contributed by atoms with Crippen molar-refractivity contribution in [2.45, 2.75) is 46.1 Å². The Hall–Kier alpha value is -2.44. The van der Waals surface area contributed by atoms with E-state index in [1.165, 1.54) is 24.3 Å². The van der Waals surface area contributed by atoms with Gasteiger partial charge in [0, 0.05) is 30.4 Å². The van der Waals surface area contributed by atoms with Crippen LogP contribution < -0.4 is 5.32 Å². The number of rotatable bonds is 2. The topological polar surface area (TPSA) is 92.6 Å². The number of carbonyl (C=O) groups is 2. The van der Waals surface area contributed by atoms with Crippen LogP contribution in [0.25, 0.3) is 0 Å². The van der Waals surface area contributed by atoms with E-state index in [1.54, 1.807) is 4.90 Å². The molecule has 0 radical (unpaired) electrons. The summed E-state index contributed by atoms with van der Waals surface area (Å²) in [6.07, 6.45) is 2.84. The van der Waals surface area contributed by atoms with E-state index in [4.69, 9.17) is 0 Å². The second kappa shape index (κ2) is 5.82. The number of hydrogen-bond donors (Lipinski definition) is 1. The van der Waals surface area contributed by atoms with Crippen LogP contribution in [0.4, 0.5) is 11.4 Å². The van der Waals surface area contributed by atoms with Crippen molar-refractivity contribution < 1.29 is 14.5 Å². The van der Waals surface area contributed by atoms with Crippen molar-refractivity contribution >= 4 is 23.2 Å². The zero-order valence-corrected chi connectivity index (χ0v) is 14.7. The van der Waals surface area contributed by atoms with Crippen molar-refractivity contribution in [3.05, 3.63) is 34.4 Å². The number of non-ortho nitro benzene ring substituents is 1. The lowest BCUT2D eigenvalue weighted by Crippen LogP contribution is -2.43. The molecule has 1 aromatic carbocycles. The molecule has 1 saturated heterocycles. The monoisotopic (exact) mass is 345 g/mol. The van der Waals surface area contributed by atoms with Gasteiger partial charge in [0.25, 0.3) is 5.69 Å². The number of nitro benzene ring substituents is 1. The third kappa shape index (κ3) is 3.50. The Morgan fingerprint density at radius 3 is 2.68 bits per heavy atom. The van der Waals surface area contributed by atoms with Crippen LogP contribution in [0, 0.1) is 20.9 Å². The van der Waals surface area contributed by atoms with Gasteiger partial charge in [-0.3, -0.25) is 19.7 Å². The normalized spacial score (nSPS) is 27.0. The summed E-state index contributed by atoms with van der Waals surface area (Å²) < 4.78 is 0. The van der Waals surface area contributed by atoms with Gasteiger partial charge >= 0.3 is 11.8 Å². The van der Waals surface area contributed by atoms with Crippen molar-refractivity contribution in [3.8, 4) is 0 Å². The maximum Gasteiger partial charge on any atom is 0.313 e. The molecular formula is C18H23N3O4. The number of fused-ring (bicyclic) bond motifs is 2. The lowest BCUT2D eigenvalue weighted by Gasteiger charge is -2.39. The smallest absolute Gasteiger partial charge is 0.313 e. The van der Waals surface area contributed by atoms with Gasteiger partial charge in [0.1, 0.15) is 0 Å². The van der Waals surface area contributed by atoms with E-state index in [2.05, 4.69) is 26.1 Å². The zero-order valence-electron chi connectivity index (χ0n) is 14.7. The average Bonchev–Trinajstić information content (AvgIpc) is 2.75. The number of nitrogens with zero attached hydrogens (tertiary/aromatic N) is 2.